The van der Waals surface area contributed by atoms with Crippen molar-refractivity contribution < 1.29 is 4.68 Å². The van der Waals surface area contributed by atoms with E-state index in [0.717, 1.165) is 44.9 Å². The molecule has 6 aromatic rings. The smallest absolute Gasteiger partial charge is 0.192 e. The zero-order valence-corrected chi connectivity index (χ0v) is 23.1. The lowest BCUT2D eigenvalue weighted by Gasteiger charge is -2.25. The van der Waals surface area contributed by atoms with Gasteiger partial charge in [-0.25, -0.2) is 0 Å². The highest BCUT2D eigenvalue weighted by Crippen LogP contribution is 2.44. The van der Waals surface area contributed by atoms with E-state index in [4.69, 9.17) is 5.10 Å². The topological polar surface area (TPSA) is 45.5 Å². The van der Waals surface area contributed by atoms with Gasteiger partial charge in [0, 0.05) is 17.0 Å². The van der Waals surface area contributed by atoms with E-state index < -0.39 is 0 Å². The highest BCUT2D eigenvalue weighted by molar-refractivity contribution is 5.91. The summed E-state index contributed by atoms with van der Waals surface area (Å²) in [5.41, 5.74) is 10.8. The molecule has 41 heavy (non-hydrogen) atoms. The minimum absolute atomic E-state index is 0.163. The van der Waals surface area contributed by atoms with Crippen molar-refractivity contribution in [1.29, 1.82) is 5.26 Å². The van der Waals surface area contributed by atoms with Crippen molar-refractivity contribution in [2.75, 3.05) is 0 Å². The summed E-state index contributed by atoms with van der Waals surface area (Å²) >= 11 is 0. The highest BCUT2D eigenvalue weighted by Gasteiger charge is 2.39. The van der Waals surface area contributed by atoms with Crippen molar-refractivity contribution in [2.24, 2.45) is 0 Å². The summed E-state index contributed by atoms with van der Waals surface area (Å²) in [6, 6.07) is 44.9. The molecule has 1 aliphatic heterocycles. The SMILES string of the molecule is CC1c2ccc(C#N)cc2-c2n(-c3c(-c4ccccc4)cc(-c4ccccc4)cc3-c3ccccc3)cn[n+]2C1C. The molecule has 7 rings (SSSR count). The molecule has 0 bridgehead atoms. The molecule has 0 aliphatic carbocycles. The molecule has 1 aliphatic rings. The quantitative estimate of drug-likeness (QED) is 0.215. The third-order valence-corrected chi connectivity index (χ3v) is 8.39. The van der Waals surface area contributed by atoms with Gasteiger partial charge >= 0.3 is 5.82 Å². The van der Waals surface area contributed by atoms with Crippen LogP contribution in [0.25, 0.3) is 50.5 Å². The Hall–Kier alpha value is -5.27. The van der Waals surface area contributed by atoms with E-state index >= 15 is 0 Å². The summed E-state index contributed by atoms with van der Waals surface area (Å²) in [5.74, 6) is 1.26. The van der Waals surface area contributed by atoms with E-state index in [2.05, 4.69) is 138 Å². The number of rotatable bonds is 4. The zero-order valence-electron chi connectivity index (χ0n) is 23.1. The van der Waals surface area contributed by atoms with Gasteiger partial charge in [0.15, 0.2) is 0 Å². The van der Waals surface area contributed by atoms with Crippen molar-refractivity contribution in [3.8, 4) is 56.5 Å². The van der Waals surface area contributed by atoms with Crippen LogP contribution in [0.1, 0.15) is 36.9 Å². The molecule has 2 unspecified atom stereocenters. The zero-order chi connectivity index (χ0) is 27.9. The van der Waals surface area contributed by atoms with Crippen molar-refractivity contribution in [3.63, 3.8) is 0 Å². The van der Waals surface area contributed by atoms with Crippen LogP contribution in [0.3, 0.4) is 0 Å². The molecular formula is C37H29N4+. The number of benzene rings is 5. The van der Waals surface area contributed by atoms with Gasteiger partial charge in [-0.3, -0.25) is 0 Å². The number of aromatic nitrogens is 3. The van der Waals surface area contributed by atoms with Crippen LogP contribution in [-0.2, 0) is 0 Å². The van der Waals surface area contributed by atoms with Gasteiger partial charge in [0.2, 0.25) is 6.33 Å². The molecule has 5 aromatic carbocycles. The van der Waals surface area contributed by atoms with Gasteiger partial charge in [0.05, 0.1) is 17.2 Å². The van der Waals surface area contributed by atoms with Gasteiger partial charge in [0.1, 0.15) is 11.7 Å². The van der Waals surface area contributed by atoms with Gasteiger partial charge in [-0.1, -0.05) is 104 Å². The number of fused-ring (bicyclic) bond motifs is 3. The molecule has 0 radical (unpaired) electrons. The van der Waals surface area contributed by atoms with Crippen LogP contribution in [0.15, 0.2) is 128 Å². The molecule has 2 heterocycles. The first-order valence-electron chi connectivity index (χ1n) is 14.0. The average Bonchev–Trinajstić information content (AvgIpc) is 3.49. The normalized spacial score (nSPS) is 15.5. The van der Waals surface area contributed by atoms with Crippen LogP contribution in [-0.4, -0.2) is 9.67 Å². The van der Waals surface area contributed by atoms with Crippen molar-refractivity contribution in [3.05, 3.63) is 139 Å². The molecule has 0 amide bonds. The second kappa shape index (κ2) is 10.0. The Bertz CT molecular complexity index is 1860. The Morgan fingerprint density at radius 3 is 1.78 bits per heavy atom. The second-order valence-corrected chi connectivity index (χ2v) is 10.7. The predicted octanol–water partition coefficient (Wildman–Crippen LogP) is 8.38. The summed E-state index contributed by atoms with van der Waals surface area (Å²) in [6.45, 7) is 4.46. The number of hydrogen-bond acceptors (Lipinski definition) is 2. The predicted molar refractivity (Wildman–Crippen MR) is 163 cm³/mol. The fourth-order valence-corrected chi connectivity index (χ4v) is 6.10. The van der Waals surface area contributed by atoms with Gasteiger partial charge in [0.25, 0.3) is 0 Å². The molecule has 0 fully saturated rings. The van der Waals surface area contributed by atoms with Crippen molar-refractivity contribution >= 4 is 0 Å². The lowest BCUT2D eigenvalue weighted by atomic mass is 9.85. The lowest BCUT2D eigenvalue weighted by molar-refractivity contribution is -0.766. The molecule has 0 N–H and O–H groups in total. The van der Waals surface area contributed by atoms with Gasteiger partial charge in [-0.2, -0.15) is 9.83 Å². The minimum atomic E-state index is 0.163. The Labute approximate surface area is 240 Å². The molecule has 2 atom stereocenters. The average molecular weight is 530 g/mol. The van der Waals surface area contributed by atoms with Crippen molar-refractivity contribution in [2.45, 2.75) is 25.8 Å². The van der Waals surface area contributed by atoms with E-state index in [1.807, 2.05) is 18.5 Å². The molecule has 4 nitrogen and oxygen atoms in total. The molecule has 196 valence electrons. The van der Waals surface area contributed by atoms with Gasteiger partial charge in [-0.05, 0) is 64.1 Å². The van der Waals surface area contributed by atoms with Crippen molar-refractivity contribution in [1.82, 2.24) is 9.67 Å². The Balaban J connectivity index is 1.60. The fraction of sp³-hybridized carbons (Fsp3) is 0.108. The van der Waals surface area contributed by atoms with Crippen LogP contribution in [0.4, 0.5) is 0 Å². The van der Waals surface area contributed by atoms with Crippen LogP contribution in [0.5, 0.6) is 0 Å². The maximum atomic E-state index is 9.79. The summed E-state index contributed by atoms with van der Waals surface area (Å²) < 4.78 is 4.37. The fourth-order valence-electron chi connectivity index (χ4n) is 6.10. The minimum Gasteiger partial charge on any atom is -0.192 e. The first kappa shape index (κ1) is 24.7. The number of nitriles is 1. The monoisotopic (exact) mass is 529 g/mol. The van der Waals surface area contributed by atoms with E-state index in [9.17, 15) is 5.26 Å². The second-order valence-electron chi connectivity index (χ2n) is 10.7. The van der Waals surface area contributed by atoms with E-state index in [-0.39, 0.29) is 12.0 Å². The Morgan fingerprint density at radius 2 is 1.22 bits per heavy atom. The molecule has 0 saturated heterocycles. The lowest BCUT2D eigenvalue weighted by Crippen LogP contribution is -2.47. The highest BCUT2D eigenvalue weighted by atomic mass is 15.4. The van der Waals surface area contributed by atoms with Gasteiger partial charge in [-0.15, -0.1) is 4.68 Å². The largest absolute Gasteiger partial charge is 0.316 e. The molecule has 1 aromatic heterocycles. The van der Waals surface area contributed by atoms with E-state index in [1.165, 1.54) is 11.1 Å². The van der Waals surface area contributed by atoms with Gasteiger partial charge < -0.3 is 0 Å². The first-order valence-corrected chi connectivity index (χ1v) is 14.0. The maximum absolute atomic E-state index is 9.79. The molecule has 0 saturated carbocycles. The summed E-state index contributed by atoms with van der Waals surface area (Å²) in [6.07, 6.45) is 1.95. The Kier molecular flexibility index (Phi) is 6.06. The number of hydrogen-bond donors (Lipinski definition) is 0. The van der Waals surface area contributed by atoms with E-state index in [1.54, 1.807) is 0 Å². The summed E-state index contributed by atoms with van der Waals surface area (Å²) in [4.78, 5) is 0. The third-order valence-electron chi connectivity index (χ3n) is 8.39. The third kappa shape index (κ3) is 4.15. The van der Waals surface area contributed by atoms with Crippen LogP contribution < -0.4 is 4.68 Å². The molecule has 0 spiro atoms. The van der Waals surface area contributed by atoms with E-state index in [0.29, 0.717) is 5.56 Å². The summed E-state index contributed by atoms with van der Waals surface area (Å²) in [7, 11) is 0. The summed E-state index contributed by atoms with van der Waals surface area (Å²) in [5, 5.41) is 14.8. The molecule has 4 heteroatoms. The number of nitrogens with zero attached hydrogens (tertiary/aromatic N) is 4. The van der Waals surface area contributed by atoms with Crippen LogP contribution >= 0.6 is 0 Å². The Morgan fingerprint density at radius 1 is 0.659 bits per heavy atom. The maximum Gasteiger partial charge on any atom is 0.316 e. The van der Waals surface area contributed by atoms with Crippen LogP contribution in [0, 0.1) is 11.3 Å². The standard InChI is InChI=1S/C37H29N4/c1-25-26(2)41-37(35-20-27(23-38)18-19-32(25)35)40(24-39-41)36-33(29-14-8-4-9-15-29)21-31(28-12-6-3-7-13-28)22-34(36)30-16-10-5-11-17-30/h3-22,24-26H,1-2H3/q+1. The molecular weight excluding hydrogens is 500 g/mol. The van der Waals surface area contributed by atoms with Crippen LogP contribution in [0.2, 0.25) is 0 Å². The first-order chi connectivity index (χ1) is 20.1.